The van der Waals surface area contributed by atoms with Crippen molar-refractivity contribution in [2.75, 3.05) is 18.5 Å². The van der Waals surface area contributed by atoms with Gasteiger partial charge in [-0.3, -0.25) is 4.79 Å². The van der Waals surface area contributed by atoms with Gasteiger partial charge >= 0.3 is 0 Å². The number of hydrogen-bond donors (Lipinski definition) is 1. The van der Waals surface area contributed by atoms with Crippen molar-refractivity contribution in [3.63, 3.8) is 0 Å². The monoisotopic (exact) mass is 408 g/mol. The molecule has 0 spiro atoms. The summed E-state index contributed by atoms with van der Waals surface area (Å²) in [5.41, 5.74) is 0.604. The number of ether oxygens (including phenoxy) is 1. The van der Waals surface area contributed by atoms with Crippen LogP contribution in [0.1, 0.15) is 32.6 Å². The maximum Gasteiger partial charge on any atom is 0.252 e. The third kappa shape index (κ3) is 4.69. The average molecular weight is 409 g/mol. The highest BCUT2D eigenvalue weighted by Gasteiger charge is 2.35. The highest BCUT2D eigenvalue weighted by atomic mass is 32.2. The SMILES string of the molecule is CCOc1ccccc1NC(=O)C[C@H]1CCCCN1S(=O)(=O)c1cccs1. The summed E-state index contributed by atoms with van der Waals surface area (Å²) in [5.74, 6) is 0.403. The van der Waals surface area contributed by atoms with Gasteiger partial charge < -0.3 is 10.1 Å². The predicted octanol–water partition coefficient (Wildman–Crippen LogP) is 3.72. The van der Waals surface area contributed by atoms with Gasteiger partial charge in [-0.05, 0) is 43.3 Å². The van der Waals surface area contributed by atoms with E-state index in [0.717, 1.165) is 12.8 Å². The lowest BCUT2D eigenvalue weighted by atomic mass is 10.0. The Balaban J connectivity index is 1.72. The Morgan fingerprint density at radius 3 is 2.81 bits per heavy atom. The van der Waals surface area contributed by atoms with Crippen LogP contribution in [-0.4, -0.2) is 37.8 Å². The fourth-order valence-corrected chi connectivity index (χ4v) is 6.10. The molecule has 0 radical (unpaired) electrons. The maximum absolute atomic E-state index is 12.9. The first-order valence-electron chi connectivity index (χ1n) is 9.09. The molecule has 1 aromatic carbocycles. The third-order valence-electron chi connectivity index (χ3n) is 4.51. The van der Waals surface area contributed by atoms with Crippen molar-refractivity contribution in [3.8, 4) is 5.75 Å². The Morgan fingerprint density at radius 1 is 1.26 bits per heavy atom. The van der Waals surface area contributed by atoms with Crippen molar-refractivity contribution in [3.05, 3.63) is 41.8 Å². The van der Waals surface area contributed by atoms with Gasteiger partial charge in [0.05, 0.1) is 12.3 Å². The summed E-state index contributed by atoms with van der Waals surface area (Å²) >= 11 is 1.21. The molecule has 1 aromatic heterocycles. The van der Waals surface area contributed by atoms with E-state index in [0.29, 0.717) is 35.2 Å². The molecule has 8 heteroatoms. The van der Waals surface area contributed by atoms with Crippen LogP contribution in [0.3, 0.4) is 0 Å². The summed E-state index contributed by atoms with van der Waals surface area (Å²) in [6.45, 7) is 2.84. The van der Waals surface area contributed by atoms with Gasteiger partial charge in [-0.25, -0.2) is 8.42 Å². The van der Waals surface area contributed by atoms with Gasteiger partial charge in [0.1, 0.15) is 9.96 Å². The molecule has 2 aromatic rings. The molecule has 2 heterocycles. The number of para-hydroxylation sites is 2. The Labute approximate surface area is 164 Å². The third-order valence-corrected chi connectivity index (χ3v) is 7.84. The van der Waals surface area contributed by atoms with Crippen LogP contribution in [0.4, 0.5) is 5.69 Å². The molecule has 1 saturated heterocycles. The topological polar surface area (TPSA) is 75.7 Å². The lowest BCUT2D eigenvalue weighted by Crippen LogP contribution is -2.45. The van der Waals surface area contributed by atoms with Crippen LogP contribution in [0.15, 0.2) is 46.0 Å². The van der Waals surface area contributed by atoms with Crippen LogP contribution < -0.4 is 10.1 Å². The maximum atomic E-state index is 12.9. The summed E-state index contributed by atoms with van der Waals surface area (Å²) in [4.78, 5) is 12.6. The average Bonchev–Trinajstić information content (AvgIpc) is 3.19. The zero-order chi connectivity index (χ0) is 19.3. The number of rotatable bonds is 7. The van der Waals surface area contributed by atoms with Gasteiger partial charge in [0.2, 0.25) is 5.91 Å². The minimum Gasteiger partial charge on any atom is -0.492 e. The van der Waals surface area contributed by atoms with E-state index in [-0.39, 0.29) is 18.4 Å². The predicted molar refractivity (Wildman–Crippen MR) is 107 cm³/mol. The van der Waals surface area contributed by atoms with Crippen LogP contribution in [0.25, 0.3) is 0 Å². The molecule has 1 fully saturated rings. The number of carbonyl (C=O) groups is 1. The second-order valence-corrected chi connectivity index (χ2v) is 9.44. The smallest absolute Gasteiger partial charge is 0.252 e. The summed E-state index contributed by atoms with van der Waals surface area (Å²) in [6, 6.07) is 10.3. The summed E-state index contributed by atoms with van der Waals surface area (Å²) < 4.78 is 33.2. The normalized spacial score (nSPS) is 18.2. The molecule has 1 N–H and O–H groups in total. The Kier molecular flexibility index (Phi) is 6.51. The van der Waals surface area contributed by atoms with E-state index in [1.54, 1.807) is 29.6 Å². The molecule has 1 aliphatic heterocycles. The molecule has 1 amide bonds. The number of nitrogens with one attached hydrogen (secondary N) is 1. The first-order valence-corrected chi connectivity index (χ1v) is 11.4. The van der Waals surface area contributed by atoms with E-state index in [9.17, 15) is 13.2 Å². The number of thiophene rings is 1. The van der Waals surface area contributed by atoms with E-state index in [4.69, 9.17) is 4.74 Å². The molecule has 3 rings (SSSR count). The van der Waals surface area contributed by atoms with Crippen LogP contribution in [0, 0.1) is 0 Å². The van der Waals surface area contributed by atoms with Crippen molar-refractivity contribution in [2.24, 2.45) is 0 Å². The second-order valence-electron chi connectivity index (χ2n) is 6.38. The van der Waals surface area contributed by atoms with E-state index in [1.165, 1.54) is 15.6 Å². The minimum absolute atomic E-state index is 0.130. The van der Waals surface area contributed by atoms with Crippen LogP contribution in [-0.2, 0) is 14.8 Å². The molecule has 1 atom stereocenters. The minimum atomic E-state index is -3.56. The molecule has 0 aliphatic carbocycles. The van der Waals surface area contributed by atoms with Crippen molar-refractivity contribution in [1.29, 1.82) is 0 Å². The lowest BCUT2D eigenvalue weighted by molar-refractivity contribution is -0.117. The fourth-order valence-electron chi connectivity index (χ4n) is 3.29. The number of anilines is 1. The van der Waals surface area contributed by atoms with Gasteiger partial charge in [0.15, 0.2) is 0 Å². The molecular weight excluding hydrogens is 384 g/mol. The molecular formula is C19H24N2O4S2. The zero-order valence-electron chi connectivity index (χ0n) is 15.3. The summed E-state index contributed by atoms with van der Waals surface area (Å²) in [7, 11) is -3.56. The van der Waals surface area contributed by atoms with E-state index in [2.05, 4.69) is 5.32 Å². The Hall–Kier alpha value is -1.90. The van der Waals surface area contributed by atoms with Crippen LogP contribution in [0.5, 0.6) is 5.75 Å². The number of benzene rings is 1. The molecule has 0 unspecified atom stereocenters. The lowest BCUT2D eigenvalue weighted by Gasteiger charge is -2.34. The van der Waals surface area contributed by atoms with E-state index in [1.807, 2.05) is 19.1 Å². The molecule has 6 nitrogen and oxygen atoms in total. The molecule has 0 saturated carbocycles. The van der Waals surface area contributed by atoms with E-state index < -0.39 is 10.0 Å². The van der Waals surface area contributed by atoms with Crippen LogP contribution >= 0.6 is 11.3 Å². The van der Waals surface area contributed by atoms with Gasteiger partial charge in [-0.15, -0.1) is 11.3 Å². The standard InChI is InChI=1S/C19H24N2O4S2/c1-2-25-17-10-4-3-9-16(17)20-18(22)14-15-8-5-6-12-21(15)27(23,24)19-11-7-13-26-19/h3-4,7,9-11,13,15H,2,5-6,8,12,14H2,1H3,(H,20,22)/t15-/m1/s1. The van der Waals surface area contributed by atoms with Crippen molar-refractivity contribution >= 4 is 33.0 Å². The van der Waals surface area contributed by atoms with E-state index >= 15 is 0 Å². The van der Waals surface area contributed by atoms with Crippen LogP contribution in [0.2, 0.25) is 0 Å². The Bertz CT molecular complexity index is 866. The van der Waals surface area contributed by atoms with Gasteiger partial charge in [-0.1, -0.05) is 24.6 Å². The highest BCUT2D eigenvalue weighted by molar-refractivity contribution is 7.91. The molecule has 27 heavy (non-hydrogen) atoms. The molecule has 146 valence electrons. The summed E-state index contributed by atoms with van der Waals surface area (Å²) in [5, 5.41) is 4.62. The van der Waals surface area contributed by atoms with Gasteiger partial charge in [0, 0.05) is 19.0 Å². The molecule has 1 aliphatic rings. The fraction of sp³-hybridized carbons (Fsp3) is 0.421. The number of amides is 1. The number of nitrogens with zero attached hydrogens (tertiary/aromatic N) is 1. The highest BCUT2D eigenvalue weighted by Crippen LogP contribution is 2.30. The summed E-state index contributed by atoms with van der Waals surface area (Å²) in [6.07, 6.45) is 2.55. The number of piperidine rings is 1. The van der Waals surface area contributed by atoms with Gasteiger partial charge in [-0.2, -0.15) is 4.31 Å². The number of sulfonamides is 1. The largest absolute Gasteiger partial charge is 0.492 e. The van der Waals surface area contributed by atoms with Gasteiger partial charge in [0.25, 0.3) is 10.0 Å². The first kappa shape index (κ1) is 19.9. The quantitative estimate of drug-likeness (QED) is 0.758. The zero-order valence-corrected chi connectivity index (χ0v) is 16.9. The van der Waals surface area contributed by atoms with Crippen molar-refractivity contribution in [1.82, 2.24) is 4.31 Å². The van der Waals surface area contributed by atoms with Crippen molar-refractivity contribution < 1.29 is 17.9 Å². The number of carbonyl (C=O) groups excluding carboxylic acids is 1. The Morgan fingerprint density at radius 2 is 2.07 bits per heavy atom. The molecule has 0 bridgehead atoms. The second kappa shape index (κ2) is 8.86. The first-order chi connectivity index (χ1) is 13.0. The number of hydrogen-bond acceptors (Lipinski definition) is 5. The van der Waals surface area contributed by atoms with Crippen molar-refractivity contribution in [2.45, 2.75) is 42.9 Å².